The number of benzene rings is 1. The van der Waals surface area contributed by atoms with Gasteiger partial charge < -0.3 is 0 Å². The number of thiophene rings is 1. The van der Waals surface area contributed by atoms with Gasteiger partial charge in [-0.2, -0.15) is 5.26 Å². The first-order valence-corrected chi connectivity index (χ1v) is 4.62. The Balaban J connectivity index is 2.84. The first-order chi connectivity index (χ1) is 6.20. The molecule has 1 aromatic heterocycles. The van der Waals surface area contributed by atoms with E-state index < -0.39 is 0 Å². The molecule has 1 aromatic carbocycles. The van der Waals surface area contributed by atoms with Crippen LogP contribution in [0.15, 0.2) is 18.2 Å². The molecule has 0 aliphatic heterocycles. The van der Waals surface area contributed by atoms with Gasteiger partial charge in [0.25, 0.3) is 0 Å². The molecule has 0 amide bonds. The van der Waals surface area contributed by atoms with Gasteiger partial charge in [-0.25, -0.2) is 4.39 Å². The second-order valence-corrected chi connectivity index (χ2v) is 3.94. The number of hydrogen-bond acceptors (Lipinski definition) is 2. The number of nitrogens with zero attached hydrogens (tertiary/aromatic N) is 1. The van der Waals surface area contributed by atoms with Gasteiger partial charge >= 0.3 is 0 Å². The average Bonchev–Trinajstić information content (AvgIpc) is 2.47. The summed E-state index contributed by atoms with van der Waals surface area (Å²) < 4.78 is 13.8. The predicted molar refractivity (Wildman–Crippen MR) is 51.2 cm³/mol. The molecule has 1 nitrogen and oxygen atoms in total. The molecule has 13 heavy (non-hydrogen) atoms. The molecular formula is C10H6FNS. The Morgan fingerprint density at radius 1 is 1.38 bits per heavy atom. The summed E-state index contributed by atoms with van der Waals surface area (Å²) in [4.78, 5) is 0.628. The zero-order valence-corrected chi connectivity index (χ0v) is 7.78. The van der Waals surface area contributed by atoms with Crippen molar-refractivity contribution in [2.45, 2.75) is 6.92 Å². The zero-order chi connectivity index (χ0) is 9.42. The Kier molecular flexibility index (Phi) is 1.78. The van der Waals surface area contributed by atoms with Crippen LogP contribution >= 0.6 is 11.3 Å². The van der Waals surface area contributed by atoms with Crippen molar-refractivity contribution in [3.63, 3.8) is 0 Å². The van der Waals surface area contributed by atoms with E-state index in [-0.39, 0.29) is 5.82 Å². The molecule has 0 atom stereocenters. The summed E-state index contributed by atoms with van der Waals surface area (Å²) in [6.07, 6.45) is 0. The van der Waals surface area contributed by atoms with Crippen LogP contribution in [0.2, 0.25) is 0 Å². The summed E-state index contributed by atoms with van der Waals surface area (Å²) in [5.74, 6) is -0.240. The first kappa shape index (κ1) is 8.21. The van der Waals surface area contributed by atoms with Crippen LogP contribution in [0, 0.1) is 24.1 Å². The molecule has 0 spiro atoms. The van der Waals surface area contributed by atoms with Crippen molar-refractivity contribution in [1.29, 1.82) is 5.26 Å². The Bertz CT molecular complexity index is 507. The molecule has 64 valence electrons. The topological polar surface area (TPSA) is 23.8 Å². The van der Waals surface area contributed by atoms with Crippen LogP contribution in [0.4, 0.5) is 4.39 Å². The highest BCUT2D eigenvalue weighted by Gasteiger charge is 2.05. The molecule has 2 rings (SSSR count). The van der Waals surface area contributed by atoms with Crippen molar-refractivity contribution in [2.75, 3.05) is 0 Å². The zero-order valence-electron chi connectivity index (χ0n) is 6.97. The third-order valence-corrected chi connectivity index (χ3v) is 2.91. The van der Waals surface area contributed by atoms with Crippen LogP contribution in [0.5, 0.6) is 0 Å². The fraction of sp³-hybridized carbons (Fsp3) is 0.100. The quantitative estimate of drug-likeness (QED) is 0.627. The van der Waals surface area contributed by atoms with Crippen LogP contribution in [-0.2, 0) is 0 Å². The average molecular weight is 191 g/mol. The maximum Gasteiger partial charge on any atom is 0.124 e. The van der Waals surface area contributed by atoms with E-state index in [9.17, 15) is 4.39 Å². The highest BCUT2D eigenvalue weighted by atomic mass is 32.1. The smallest absolute Gasteiger partial charge is 0.124 e. The fourth-order valence-electron chi connectivity index (χ4n) is 1.33. The summed E-state index contributed by atoms with van der Waals surface area (Å²) in [6, 6.07) is 6.81. The van der Waals surface area contributed by atoms with Gasteiger partial charge in [-0.15, -0.1) is 11.3 Å². The third kappa shape index (κ3) is 1.30. The van der Waals surface area contributed by atoms with Crippen molar-refractivity contribution in [2.24, 2.45) is 0 Å². The number of fused-ring (bicyclic) bond motifs is 1. The molecule has 2 aromatic rings. The van der Waals surface area contributed by atoms with E-state index in [4.69, 9.17) is 5.26 Å². The second kappa shape index (κ2) is 2.82. The highest BCUT2D eigenvalue weighted by Crippen LogP contribution is 2.28. The number of nitriles is 1. The monoisotopic (exact) mass is 191 g/mol. The molecule has 0 unspecified atom stereocenters. The van der Waals surface area contributed by atoms with Crippen molar-refractivity contribution < 1.29 is 4.39 Å². The lowest BCUT2D eigenvalue weighted by molar-refractivity contribution is 0.629. The SMILES string of the molecule is Cc1cc(F)cc2sc(C#N)cc12. The van der Waals surface area contributed by atoms with E-state index in [0.29, 0.717) is 4.88 Å². The second-order valence-electron chi connectivity index (χ2n) is 2.86. The van der Waals surface area contributed by atoms with Crippen LogP contribution < -0.4 is 0 Å². The summed E-state index contributed by atoms with van der Waals surface area (Å²) in [5.41, 5.74) is 0.882. The molecule has 0 bridgehead atoms. The Morgan fingerprint density at radius 2 is 2.15 bits per heavy atom. The van der Waals surface area contributed by atoms with Crippen molar-refractivity contribution in [3.05, 3.63) is 34.5 Å². The molecule has 0 aliphatic rings. The van der Waals surface area contributed by atoms with E-state index in [1.807, 2.05) is 6.92 Å². The molecule has 0 N–H and O–H groups in total. The summed E-state index contributed by atoms with van der Waals surface area (Å²) in [7, 11) is 0. The van der Waals surface area contributed by atoms with Crippen molar-refractivity contribution in [3.8, 4) is 6.07 Å². The number of hydrogen-bond donors (Lipinski definition) is 0. The Morgan fingerprint density at radius 3 is 2.85 bits per heavy atom. The minimum absolute atomic E-state index is 0.240. The Labute approximate surface area is 79.0 Å². The van der Waals surface area contributed by atoms with Gasteiger partial charge in [0.1, 0.15) is 16.8 Å². The summed E-state index contributed by atoms with van der Waals surface area (Å²) in [6.45, 7) is 1.85. The highest BCUT2D eigenvalue weighted by molar-refractivity contribution is 7.19. The molecular weight excluding hydrogens is 185 g/mol. The minimum Gasteiger partial charge on any atom is -0.207 e. The van der Waals surface area contributed by atoms with Gasteiger partial charge in [-0.1, -0.05) is 0 Å². The van der Waals surface area contributed by atoms with Crippen LogP contribution in [0.25, 0.3) is 10.1 Å². The lowest BCUT2D eigenvalue weighted by atomic mass is 10.1. The first-order valence-electron chi connectivity index (χ1n) is 3.80. The molecule has 1 heterocycles. The van der Waals surface area contributed by atoms with Gasteiger partial charge in [0.15, 0.2) is 0 Å². The summed E-state index contributed by atoms with van der Waals surface area (Å²) >= 11 is 1.32. The largest absolute Gasteiger partial charge is 0.207 e. The molecule has 0 aliphatic carbocycles. The molecule has 0 saturated carbocycles. The van der Waals surface area contributed by atoms with Gasteiger partial charge in [0.2, 0.25) is 0 Å². The van der Waals surface area contributed by atoms with Gasteiger partial charge in [0.05, 0.1) is 0 Å². The number of aryl methyl sites for hydroxylation is 1. The Hall–Kier alpha value is -1.40. The summed E-state index contributed by atoms with van der Waals surface area (Å²) in [5, 5.41) is 9.64. The van der Waals surface area contributed by atoms with Crippen LogP contribution in [-0.4, -0.2) is 0 Å². The van der Waals surface area contributed by atoms with Gasteiger partial charge in [0, 0.05) is 4.70 Å². The molecule has 0 fully saturated rings. The normalized spacial score (nSPS) is 10.2. The van der Waals surface area contributed by atoms with E-state index in [2.05, 4.69) is 6.07 Å². The van der Waals surface area contributed by atoms with Gasteiger partial charge in [-0.05, 0) is 36.1 Å². The molecule has 0 radical (unpaired) electrons. The van der Waals surface area contributed by atoms with E-state index >= 15 is 0 Å². The van der Waals surface area contributed by atoms with E-state index in [0.717, 1.165) is 15.6 Å². The number of rotatable bonds is 0. The lowest BCUT2D eigenvalue weighted by Crippen LogP contribution is -1.76. The van der Waals surface area contributed by atoms with Crippen LogP contribution in [0.1, 0.15) is 10.4 Å². The molecule has 0 saturated heterocycles. The van der Waals surface area contributed by atoms with Crippen LogP contribution in [0.3, 0.4) is 0 Å². The fourth-order valence-corrected chi connectivity index (χ4v) is 2.29. The number of halogens is 1. The lowest BCUT2D eigenvalue weighted by Gasteiger charge is -1.94. The molecule has 3 heteroatoms. The maximum absolute atomic E-state index is 12.9. The maximum atomic E-state index is 12.9. The predicted octanol–water partition coefficient (Wildman–Crippen LogP) is 3.22. The van der Waals surface area contributed by atoms with E-state index in [1.165, 1.54) is 23.5 Å². The van der Waals surface area contributed by atoms with Crippen molar-refractivity contribution >= 4 is 21.4 Å². The van der Waals surface area contributed by atoms with E-state index in [1.54, 1.807) is 6.07 Å². The van der Waals surface area contributed by atoms with Crippen molar-refractivity contribution in [1.82, 2.24) is 0 Å². The van der Waals surface area contributed by atoms with Gasteiger partial charge in [-0.3, -0.25) is 0 Å². The minimum atomic E-state index is -0.240. The standard InChI is InChI=1S/C10H6FNS/c1-6-2-7(11)3-10-9(6)4-8(5-12)13-10/h2-4H,1H3. The third-order valence-electron chi connectivity index (χ3n) is 1.92.